The summed E-state index contributed by atoms with van der Waals surface area (Å²) >= 11 is 3.25. The SMILES string of the molecule is FC(F)(F)OCCNc1ccc(Br)cc1. The van der Waals surface area contributed by atoms with E-state index in [9.17, 15) is 13.2 Å². The van der Waals surface area contributed by atoms with Crippen molar-refractivity contribution in [3.8, 4) is 0 Å². The number of halogens is 4. The van der Waals surface area contributed by atoms with E-state index < -0.39 is 13.0 Å². The largest absolute Gasteiger partial charge is 0.522 e. The Labute approximate surface area is 93.6 Å². The Balaban J connectivity index is 2.23. The summed E-state index contributed by atoms with van der Waals surface area (Å²) in [5.41, 5.74) is 0.754. The van der Waals surface area contributed by atoms with Crippen LogP contribution in [-0.4, -0.2) is 19.5 Å². The minimum absolute atomic E-state index is 0.112. The van der Waals surface area contributed by atoms with Crippen molar-refractivity contribution in [2.24, 2.45) is 0 Å². The molecule has 2 nitrogen and oxygen atoms in total. The number of rotatable bonds is 4. The molecule has 0 aliphatic rings. The van der Waals surface area contributed by atoms with Crippen molar-refractivity contribution >= 4 is 21.6 Å². The minimum Gasteiger partial charge on any atom is -0.383 e. The third-order valence-corrected chi connectivity index (χ3v) is 2.07. The molecule has 0 fully saturated rings. The number of benzene rings is 1. The van der Waals surface area contributed by atoms with Gasteiger partial charge in [0, 0.05) is 16.7 Å². The lowest BCUT2D eigenvalue weighted by Gasteiger charge is -2.09. The molecule has 0 heterocycles. The number of ether oxygens (including phenoxy) is 1. The summed E-state index contributed by atoms with van der Waals surface area (Å²) in [5.74, 6) is 0. The van der Waals surface area contributed by atoms with Gasteiger partial charge in [0.25, 0.3) is 0 Å². The zero-order chi connectivity index (χ0) is 11.3. The van der Waals surface area contributed by atoms with Crippen molar-refractivity contribution in [1.82, 2.24) is 0 Å². The van der Waals surface area contributed by atoms with Crippen LogP contribution >= 0.6 is 15.9 Å². The maximum atomic E-state index is 11.6. The molecular weight excluding hydrogens is 275 g/mol. The van der Waals surface area contributed by atoms with Crippen molar-refractivity contribution in [2.75, 3.05) is 18.5 Å². The lowest BCUT2D eigenvalue weighted by Crippen LogP contribution is -2.19. The normalized spacial score (nSPS) is 11.5. The third kappa shape index (κ3) is 5.64. The van der Waals surface area contributed by atoms with Crippen LogP contribution in [0, 0.1) is 0 Å². The van der Waals surface area contributed by atoms with Crippen molar-refractivity contribution in [2.45, 2.75) is 6.36 Å². The minimum atomic E-state index is -4.55. The van der Waals surface area contributed by atoms with E-state index in [2.05, 4.69) is 26.0 Å². The Hall–Kier alpha value is -0.750. The quantitative estimate of drug-likeness (QED) is 0.856. The molecule has 0 saturated heterocycles. The molecule has 0 spiro atoms. The average molecular weight is 284 g/mol. The molecule has 1 aromatic carbocycles. The molecule has 6 heteroatoms. The van der Waals surface area contributed by atoms with Crippen LogP contribution in [0.25, 0.3) is 0 Å². The molecule has 0 atom stereocenters. The summed E-state index contributed by atoms with van der Waals surface area (Å²) < 4.78 is 39.3. The van der Waals surface area contributed by atoms with Gasteiger partial charge in [-0.15, -0.1) is 13.2 Å². The Kier molecular flexibility index (Phi) is 4.41. The smallest absolute Gasteiger partial charge is 0.383 e. The van der Waals surface area contributed by atoms with E-state index in [0.717, 1.165) is 10.2 Å². The highest BCUT2D eigenvalue weighted by Crippen LogP contribution is 2.16. The second-order valence-corrected chi connectivity index (χ2v) is 3.64. The first-order chi connectivity index (χ1) is 6.97. The maximum Gasteiger partial charge on any atom is 0.522 e. The predicted octanol–water partition coefficient (Wildman–Crippen LogP) is 3.40. The van der Waals surface area contributed by atoms with Gasteiger partial charge in [0.1, 0.15) is 0 Å². The number of hydrogen-bond donors (Lipinski definition) is 1. The number of nitrogens with one attached hydrogen (secondary N) is 1. The first-order valence-corrected chi connectivity index (χ1v) is 4.97. The van der Waals surface area contributed by atoms with Gasteiger partial charge in [0.05, 0.1) is 6.61 Å². The molecule has 0 bridgehead atoms. The monoisotopic (exact) mass is 283 g/mol. The first-order valence-electron chi connectivity index (χ1n) is 4.17. The van der Waals surface area contributed by atoms with Gasteiger partial charge in [0.15, 0.2) is 0 Å². The summed E-state index contributed by atoms with van der Waals surface area (Å²) in [5, 5.41) is 2.80. The Bertz CT molecular complexity index is 299. The molecule has 1 rings (SSSR count). The van der Waals surface area contributed by atoms with E-state index in [4.69, 9.17) is 0 Å². The van der Waals surface area contributed by atoms with Crippen LogP contribution in [0.15, 0.2) is 28.7 Å². The van der Waals surface area contributed by atoms with Crippen LogP contribution in [0.1, 0.15) is 0 Å². The van der Waals surface area contributed by atoms with Gasteiger partial charge in [-0.1, -0.05) is 15.9 Å². The van der Waals surface area contributed by atoms with Gasteiger partial charge in [-0.25, -0.2) is 0 Å². The highest BCUT2D eigenvalue weighted by molar-refractivity contribution is 9.10. The molecule has 0 unspecified atom stereocenters. The Morgan fingerprint density at radius 2 is 1.80 bits per heavy atom. The number of hydrogen-bond acceptors (Lipinski definition) is 2. The standard InChI is InChI=1S/C9H9BrF3NO/c10-7-1-3-8(4-2-7)14-5-6-15-9(11,12)13/h1-4,14H,5-6H2. The van der Waals surface area contributed by atoms with Crippen LogP contribution in [0.5, 0.6) is 0 Å². The van der Waals surface area contributed by atoms with Crippen molar-refractivity contribution in [1.29, 1.82) is 0 Å². The summed E-state index contributed by atoms with van der Waals surface area (Å²) in [6.07, 6.45) is -4.55. The molecule has 0 aliphatic carbocycles. The summed E-state index contributed by atoms with van der Waals surface area (Å²) in [6, 6.07) is 7.12. The van der Waals surface area contributed by atoms with E-state index in [-0.39, 0.29) is 6.54 Å². The van der Waals surface area contributed by atoms with E-state index in [0.29, 0.717) is 0 Å². The van der Waals surface area contributed by atoms with Crippen LogP contribution < -0.4 is 5.32 Å². The highest BCUT2D eigenvalue weighted by atomic mass is 79.9. The molecule has 0 aromatic heterocycles. The van der Waals surface area contributed by atoms with Gasteiger partial charge < -0.3 is 5.32 Å². The molecule has 84 valence electrons. The molecule has 0 radical (unpaired) electrons. The molecule has 1 aromatic rings. The topological polar surface area (TPSA) is 21.3 Å². The predicted molar refractivity (Wildman–Crippen MR) is 54.6 cm³/mol. The van der Waals surface area contributed by atoms with Crippen LogP contribution in [0.2, 0.25) is 0 Å². The fraction of sp³-hybridized carbons (Fsp3) is 0.333. The van der Waals surface area contributed by atoms with E-state index in [1.54, 1.807) is 24.3 Å². The average Bonchev–Trinajstić information content (AvgIpc) is 2.14. The van der Waals surface area contributed by atoms with Gasteiger partial charge in [-0.05, 0) is 24.3 Å². The molecule has 0 aliphatic heterocycles. The third-order valence-electron chi connectivity index (χ3n) is 1.54. The van der Waals surface area contributed by atoms with E-state index >= 15 is 0 Å². The van der Waals surface area contributed by atoms with Gasteiger partial charge in [-0.3, -0.25) is 4.74 Å². The Morgan fingerprint density at radius 3 is 2.33 bits per heavy atom. The van der Waals surface area contributed by atoms with Crippen LogP contribution in [0.3, 0.4) is 0 Å². The zero-order valence-electron chi connectivity index (χ0n) is 7.64. The summed E-state index contributed by atoms with van der Waals surface area (Å²) in [7, 11) is 0. The fourth-order valence-corrected chi connectivity index (χ4v) is 1.19. The first kappa shape index (κ1) is 12.3. The summed E-state index contributed by atoms with van der Waals surface area (Å²) in [4.78, 5) is 0. The molecule has 0 saturated carbocycles. The van der Waals surface area contributed by atoms with Crippen LogP contribution in [0.4, 0.5) is 18.9 Å². The fourth-order valence-electron chi connectivity index (χ4n) is 0.930. The molecular formula is C9H9BrF3NO. The number of anilines is 1. The second-order valence-electron chi connectivity index (χ2n) is 2.73. The second kappa shape index (κ2) is 5.37. The van der Waals surface area contributed by atoms with Gasteiger partial charge >= 0.3 is 6.36 Å². The molecule has 1 N–H and O–H groups in total. The van der Waals surface area contributed by atoms with Crippen molar-refractivity contribution in [3.63, 3.8) is 0 Å². The maximum absolute atomic E-state index is 11.6. The lowest BCUT2D eigenvalue weighted by atomic mass is 10.3. The zero-order valence-corrected chi connectivity index (χ0v) is 9.23. The van der Waals surface area contributed by atoms with E-state index in [1.165, 1.54) is 0 Å². The van der Waals surface area contributed by atoms with Gasteiger partial charge in [0.2, 0.25) is 0 Å². The lowest BCUT2D eigenvalue weighted by molar-refractivity contribution is -0.322. The highest BCUT2D eigenvalue weighted by Gasteiger charge is 2.28. The molecule has 0 amide bonds. The number of alkyl halides is 3. The summed E-state index contributed by atoms with van der Waals surface area (Å²) in [6.45, 7) is -0.291. The van der Waals surface area contributed by atoms with Gasteiger partial charge in [-0.2, -0.15) is 0 Å². The van der Waals surface area contributed by atoms with E-state index in [1.807, 2.05) is 0 Å². The van der Waals surface area contributed by atoms with Crippen molar-refractivity contribution < 1.29 is 17.9 Å². The Morgan fingerprint density at radius 1 is 1.20 bits per heavy atom. The molecule has 15 heavy (non-hydrogen) atoms. The van der Waals surface area contributed by atoms with Crippen LogP contribution in [-0.2, 0) is 4.74 Å². The van der Waals surface area contributed by atoms with Crippen molar-refractivity contribution in [3.05, 3.63) is 28.7 Å².